The molecule has 7 nitrogen and oxygen atoms in total. The molecule has 0 atom stereocenters. The smallest absolute Gasteiger partial charge is 0.131 e. The summed E-state index contributed by atoms with van der Waals surface area (Å²) in [4.78, 5) is 9.22. The molecule has 1 saturated heterocycles. The van der Waals surface area contributed by atoms with Gasteiger partial charge in [-0.1, -0.05) is 26.1 Å². The summed E-state index contributed by atoms with van der Waals surface area (Å²) < 4.78 is 5.59. The highest BCUT2D eigenvalue weighted by Crippen LogP contribution is 2.36. The zero-order valence-corrected chi connectivity index (χ0v) is 24.4. The third-order valence-corrected chi connectivity index (χ3v) is 8.53. The Morgan fingerprint density at radius 1 is 1.15 bits per heavy atom. The minimum Gasteiger partial charge on any atom is -0.387 e. The van der Waals surface area contributed by atoms with Crippen molar-refractivity contribution in [1.82, 2.24) is 20.5 Å². The Labute approximate surface area is 239 Å². The molecule has 2 aromatic rings. The topological polar surface area (TPSA) is 76.5 Å². The predicted octanol–water partition coefficient (Wildman–Crippen LogP) is 5.49. The molecule has 0 bridgehead atoms. The number of hydrogen-bond donors (Lipinski definition) is 3. The lowest BCUT2D eigenvalue weighted by Gasteiger charge is -2.39. The second-order valence-electron chi connectivity index (χ2n) is 11.2. The zero-order chi connectivity index (χ0) is 28.2. The Morgan fingerprint density at radius 3 is 2.62 bits per heavy atom. The molecule has 1 aromatic heterocycles. The molecule has 0 radical (unpaired) electrons. The molecule has 3 aliphatic rings. The van der Waals surface area contributed by atoms with E-state index in [2.05, 4.69) is 70.6 Å². The number of amidine groups is 1. The van der Waals surface area contributed by atoms with E-state index in [0.717, 1.165) is 99.6 Å². The normalized spacial score (nSPS) is 17.9. The molecule has 3 aliphatic heterocycles. The number of benzene rings is 1. The van der Waals surface area contributed by atoms with Crippen LogP contribution in [0.25, 0.3) is 16.8 Å². The Kier molecular flexibility index (Phi) is 8.60. The summed E-state index contributed by atoms with van der Waals surface area (Å²) in [5.74, 6) is 0.618. The Hall–Kier alpha value is -3.58. The fraction of sp³-hybridized carbons (Fsp3) is 0.455. The van der Waals surface area contributed by atoms with E-state index >= 15 is 0 Å². The lowest BCUT2D eigenvalue weighted by atomic mass is 9.90. The Bertz CT molecular complexity index is 1300. The highest BCUT2D eigenvalue weighted by molar-refractivity contribution is 6.09. The third-order valence-electron chi connectivity index (χ3n) is 8.53. The van der Waals surface area contributed by atoms with Gasteiger partial charge >= 0.3 is 0 Å². The van der Waals surface area contributed by atoms with Crippen molar-refractivity contribution in [3.8, 4) is 11.1 Å². The first kappa shape index (κ1) is 28.0. The number of fused-ring (bicyclic) bond motifs is 1. The van der Waals surface area contributed by atoms with Gasteiger partial charge in [-0.2, -0.15) is 0 Å². The summed E-state index contributed by atoms with van der Waals surface area (Å²) in [6.07, 6.45) is 7.85. The van der Waals surface area contributed by atoms with Crippen LogP contribution in [-0.2, 0) is 17.6 Å². The number of ether oxygens (including phenoxy) is 1. The van der Waals surface area contributed by atoms with Crippen LogP contribution >= 0.6 is 0 Å². The van der Waals surface area contributed by atoms with Crippen LogP contribution in [0.4, 0.5) is 5.69 Å². The van der Waals surface area contributed by atoms with Crippen molar-refractivity contribution >= 4 is 17.2 Å². The van der Waals surface area contributed by atoms with Gasteiger partial charge in [0.05, 0.1) is 11.4 Å². The van der Waals surface area contributed by atoms with E-state index in [9.17, 15) is 5.41 Å². The predicted molar refractivity (Wildman–Crippen MR) is 166 cm³/mol. The van der Waals surface area contributed by atoms with E-state index < -0.39 is 0 Å². The quantitative estimate of drug-likeness (QED) is 0.304. The number of pyridine rings is 1. The number of aromatic nitrogens is 1. The van der Waals surface area contributed by atoms with Gasteiger partial charge in [-0.3, -0.25) is 10.4 Å². The van der Waals surface area contributed by atoms with E-state index in [1.54, 1.807) is 0 Å². The molecule has 3 N–H and O–H groups in total. The van der Waals surface area contributed by atoms with Crippen molar-refractivity contribution in [3.63, 3.8) is 0 Å². The summed E-state index contributed by atoms with van der Waals surface area (Å²) in [6, 6.07) is 9.25. The van der Waals surface area contributed by atoms with Gasteiger partial charge in [0.25, 0.3) is 0 Å². The van der Waals surface area contributed by atoms with Crippen LogP contribution < -0.4 is 15.5 Å². The minimum atomic E-state index is 0.413. The van der Waals surface area contributed by atoms with Crippen LogP contribution in [-0.4, -0.2) is 61.7 Å². The van der Waals surface area contributed by atoms with E-state index in [1.165, 1.54) is 28.1 Å². The number of hydrogen-bond acceptors (Lipinski definition) is 6. The molecule has 0 saturated carbocycles. The van der Waals surface area contributed by atoms with Gasteiger partial charge in [0.2, 0.25) is 0 Å². The van der Waals surface area contributed by atoms with Gasteiger partial charge in [0.1, 0.15) is 5.84 Å². The number of nitrogens with zero attached hydrogens (tertiary/aromatic N) is 3. The lowest BCUT2D eigenvalue weighted by molar-refractivity contribution is 0.0798. The van der Waals surface area contributed by atoms with Crippen LogP contribution in [0.15, 0.2) is 60.6 Å². The molecule has 1 fully saturated rings. The number of allylic oxidation sites excluding steroid dienone is 1. The van der Waals surface area contributed by atoms with Crippen LogP contribution in [0.3, 0.4) is 0 Å². The summed E-state index contributed by atoms with van der Waals surface area (Å²) >= 11 is 0. The van der Waals surface area contributed by atoms with Crippen molar-refractivity contribution in [1.29, 1.82) is 5.41 Å². The number of aryl methyl sites for hydroxylation is 2. The van der Waals surface area contributed by atoms with Crippen molar-refractivity contribution in [2.24, 2.45) is 0 Å². The van der Waals surface area contributed by atoms with E-state index in [4.69, 9.17) is 4.74 Å². The molecule has 0 spiro atoms. The molecular formula is C33H44N6O. The van der Waals surface area contributed by atoms with Gasteiger partial charge in [-0.25, -0.2) is 0 Å². The first-order chi connectivity index (χ1) is 19.4. The first-order valence-electron chi connectivity index (χ1n) is 14.7. The monoisotopic (exact) mass is 540 g/mol. The maximum atomic E-state index is 9.54. The largest absolute Gasteiger partial charge is 0.387 e. The molecule has 5 rings (SSSR count). The molecule has 7 heteroatoms. The summed E-state index contributed by atoms with van der Waals surface area (Å²) in [5, 5.41) is 16.5. The SMILES string of the molecule is C=C(NC)c1ccc(-c2cc3c(cc2CC)N(C(=N)C2=C(NC4CCOCC4)CCN(C(=C)C)C2)CCC3)cn1. The second kappa shape index (κ2) is 12.3. The number of nitrogens with one attached hydrogen (secondary N) is 3. The average molecular weight is 541 g/mol. The second-order valence-corrected chi connectivity index (χ2v) is 11.2. The minimum absolute atomic E-state index is 0.413. The van der Waals surface area contributed by atoms with Gasteiger partial charge in [0.15, 0.2) is 0 Å². The average Bonchev–Trinajstić information content (AvgIpc) is 3.00. The first-order valence-corrected chi connectivity index (χ1v) is 14.7. The summed E-state index contributed by atoms with van der Waals surface area (Å²) in [7, 11) is 1.86. The summed E-state index contributed by atoms with van der Waals surface area (Å²) in [6.45, 7) is 16.6. The molecule has 0 amide bonds. The highest BCUT2D eigenvalue weighted by Gasteiger charge is 2.30. The highest BCUT2D eigenvalue weighted by atomic mass is 16.5. The van der Waals surface area contributed by atoms with Crippen molar-refractivity contribution < 1.29 is 4.74 Å². The fourth-order valence-electron chi connectivity index (χ4n) is 6.05. The van der Waals surface area contributed by atoms with Crippen molar-refractivity contribution in [3.05, 3.63) is 77.4 Å². The number of rotatable bonds is 8. The molecule has 0 unspecified atom stereocenters. The maximum Gasteiger partial charge on any atom is 0.131 e. The molecule has 4 heterocycles. The fourth-order valence-corrected chi connectivity index (χ4v) is 6.05. The van der Waals surface area contributed by atoms with Crippen molar-refractivity contribution in [2.45, 2.75) is 58.4 Å². The Balaban J connectivity index is 1.48. The third kappa shape index (κ3) is 5.80. The van der Waals surface area contributed by atoms with E-state index in [1.807, 2.05) is 19.3 Å². The van der Waals surface area contributed by atoms with Crippen LogP contribution in [0, 0.1) is 5.41 Å². The summed E-state index contributed by atoms with van der Waals surface area (Å²) in [5.41, 5.74) is 11.2. The molecule has 40 heavy (non-hydrogen) atoms. The maximum absolute atomic E-state index is 9.54. The van der Waals surface area contributed by atoms with Gasteiger partial charge in [-0.15, -0.1) is 0 Å². The Morgan fingerprint density at radius 2 is 1.95 bits per heavy atom. The molecule has 1 aromatic carbocycles. The van der Waals surface area contributed by atoms with Crippen LogP contribution in [0.2, 0.25) is 0 Å². The van der Waals surface area contributed by atoms with Crippen LogP contribution in [0.1, 0.15) is 56.4 Å². The van der Waals surface area contributed by atoms with Crippen molar-refractivity contribution in [2.75, 3.05) is 44.8 Å². The lowest BCUT2D eigenvalue weighted by Crippen LogP contribution is -2.45. The molecule has 0 aliphatic carbocycles. The van der Waals surface area contributed by atoms with Gasteiger partial charge < -0.3 is 25.2 Å². The van der Waals surface area contributed by atoms with Gasteiger partial charge in [-0.05, 0) is 73.9 Å². The van der Waals surface area contributed by atoms with E-state index in [-0.39, 0.29) is 0 Å². The van der Waals surface area contributed by atoms with Gasteiger partial charge in [0, 0.05) is 86.8 Å². The number of anilines is 1. The molecular weight excluding hydrogens is 496 g/mol. The van der Waals surface area contributed by atoms with Crippen LogP contribution in [0.5, 0.6) is 0 Å². The molecule has 212 valence electrons. The standard InChI is InChI=1S/C33H44N6O/c1-6-24-19-32-25(18-28(24)26-9-10-30(36-20-26)23(4)35-5)8-7-14-39(32)33(34)29-21-38(22(2)3)15-11-31(29)37-27-12-16-40-17-13-27/h9-10,18-20,27,34-35,37H,2,4,6-8,11-17,21H2,1,3,5H3. The van der Waals surface area contributed by atoms with E-state index in [0.29, 0.717) is 11.9 Å². The zero-order valence-electron chi connectivity index (χ0n) is 24.4.